The van der Waals surface area contributed by atoms with E-state index in [1.165, 1.54) is 22.4 Å². The van der Waals surface area contributed by atoms with Crippen LogP contribution in [0.2, 0.25) is 0 Å². The maximum absolute atomic E-state index is 5.27. The minimum atomic E-state index is 0.609. The van der Waals surface area contributed by atoms with Gasteiger partial charge in [-0.15, -0.1) is 0 Å². The molecule has 1 N–H and O–H groups in total. The average molecular weight is 286 g/mol. The summed E-state index contributed by atoms with van der Waals surface area (Å²) in [6.45, 7) is 8.69. The first-order valence-corrected chi connectivity index (χ1v) is 7.50. The Hall–Kier alpha value is -1.48. The van der Waals surface area contributed by atoms with Gasteiger partial charge in [-0.3, -0.25) is 0 Å². The van der Waals surface area contributed by atoms with Crippen LogP contribution in [0.4, 0.5) is 0 Å². The van der Waals surface area contributed by atoms with E-state index in [-0.39, 0.29) is 0 Å². The van der Waals surface area contributed by atoms with Crippen LogP contribution in [0.3, 0.4) is 0 Å². The molecule has 0 unspecified atom stereocenters. The van der Waals surface area contributed by atoms with Crippen LogP contribution in [0.1, 0.15) is 42.1 Å². The molecule has 2 aromatic rings. The fraction of sp³-hybridized carbons (Fsp3) is 0.412. The highest BCUT2D eigenvalue weighted by atomic mass is 32.1. The maximum Gasteiger partial charge on any atom is 0.130 e. The normalized spacial score (nSPS) is 11.1. The Kier molecular flexibility index (Phi) is 4.71. The van der Waals surface area contributed by atoms with Gasteiger partial charge in [0.25, 0.3) is 0 Å². The number of nitrogens with one attached hydrogen (secondary N) is 1. The largest absolute Gasteiger partial charge is 0.347 e. The molecular weight excluding hydrogens is 264 g/mol. The summed E-state index contributed by atoms with van der Waals surface area (Å²) in [6, 6.07) is 8.52. The van der Waals surface area contributed by atoms with Crippen molar-refractivity contribution in [1.29, 1.82) is 0 Å². The minimum Gasteiger partial charge on any atom is -0.347 e. The third-order valence-corrected chi connectivity index (χ3v) is 3.63. The summed E-state index contributed by atoms with van der Waals surface area (Å²) in [7, 11) is 0. The van der Waals surface area contributed by atoms with Crippen molar-refractivity contribution >= 4 is 12.2 Å². The zero-order chi connectivity index (χ0) is 14.7. The van der Waals surface area contributed by atoms with Crippen molar-refractivity contribution in [2.45, 2.75) is 40.5 Å². The third kappa shape index (κ3) is 4.01. The van der Waals surface area contributed by atoms with E-state index in [9.17, 15) is 0 Å². The van der Waals surface area contributed by atoms with Gasteiger partial charge in [-0.05, 0) is 48.9 Å². The number of aromatic amines is 1. The number of rotatable bonds is 4. The lowest BCUT2D eigenvalue weighted by Crippen LogP contribution is -2.04. The van der Waals surface area contributed by atoms with Gasteiger partial charge in [-0.1, -0.05) is 44.3 Å². The summed E-state index contributed by atoms with van der Waals surface area (Å²) in [5.41, 5.74) is 5.09. The highest BCUT2D eigenvalue weighted by Crippen LogP contribution is 2.13. The van der Waals surface area contributed by atoms with Gasteiger partial charge in [-0.25, -0.2) is 4.98 Å². The van der Waals surface area contributed by atoms with Gasteiger partial charge in [0, 0.05) is 12.1 Å². The van der Waals surface area contributed by atoms with E-state index in [1.54, 1.807) is 0 Å². The number of nitrogens with zero attached hydrogens (tertiary/aromatic N) is 1. The standard InChI is InChI=1S/C17H22N2S/c1-11(2)7-15-10-17(20)19-16(18-15)9-14-6-5-12(3)13(4)8-14/h5-6,8,10-11H,7,9H2,1-4H3,(H,18,19,20). The first-order valence-electron chi connectivity index (χ1n) is 7.09. The van der Waals surface area contributed by atoms with Gasteiger partial charge >= 0.3 is 0 Å². The fourth-order valence-corrected chi connectivity index (χ4v) is 2.56. The van der Waals surface area contributed by atoms with E-state index in [1.807, 2.05) is 6.07 Å². The SMILES string of the molecule is Cc1ccc(Cc2nc(=S)cc(CC(C)C)[nH]2)cc1C. The van der Waals surface area contributed by atoms with Crippen molar-refractivity contribution in [3.8, 4) is 0 Å². The van der Waals surface area contributed by atoms with Crippen LogP contribution in [-0.2, 0) is 12.8 Å². The number of hydrogen-bond acceptors (Lipinski definition) is 2. The van der Waals surface area contributed by atoms with Crippen LogP contribution in [0.25, 0.3) is 0 Å². The highest BCUT2D eigenvalue weighted by Gasteiger charge is 2.04. The lowest BCUT2D eigenvalue weighted by Gasteiger charge is -2.09. The van der Waals surface area contributed by atoms with Crippen molar-refractivity contribution in [3.05, 3.63) is 57.1 Å². The predicted molar refractivity (Wildman–Crippen MR) is 86.7 cm³/mol. The summed E-state index contributed by atoms with van der Waals surface area (Å²) < 4.78 is 0.679. The van der Waals surface area contributed by atoms with Crippen molar-refractivity contribution in [2.24, 2.45) is 5.92 Å². The number of benzene rings is 1. The zero-order valence-electron chi connectivity index (χ0n) is 12.7. The number of aromatic nitrogens is 2. The van der Waals surface area contributed by atoms with Crippen molar-refractivity contribution in [1.82, 2.24) is 9.97 Å². The van der Waals surface area contributed by atoms with Crippen molar-refractivity contribution < 1.29 is 0 Å². The van der Waals surface area contributed by atoms with Crippen LogP contribution in [0.5, 0.6) is 0 Å². The molecule has 0 amide bonds. The third-order valence-electron chi connectivity index (χ3n) is 3.42. The highest BCUT2D eigenvalue weighted by molar-refractivity contribution is 7.71. The predicted octanol–water partition coefficient (Wildman–Crippen LogP) is 4.55. The quantitative estimate of drug-likeness (QED) is 0.836. The Morgan fingerprint density at radius 2 is 1.90 bits per heavy atom. The molecule has 3 heteroatoms. The van der Waals surface area contributed by atoms with Gasteiger partial charge < -0.3 is 4.98 Å². The smallest absolute Gasteiger partial charge is 0.130 e. The molecule has 1 aromatic heterocycles. The van der Waals surface area contributed by atoms with Crippen molar-refractivity contribution in [2.75, 3.05) is 0 Å². The van der Waals surface area contributed by atoms with E-state index < -0.39 is 0 Å². The molecule has 0 atom stereocenters. The lowest BCUT2D eigenvalue weighted by molar-refractivity contribution is 0.630. The maximum atomic E-state index is 5.27. The van der Waals surface area contributed by atoms with Crippen LogP contribution < -0.4 is 0 Å². The van der Waals surface area contributed by atoms with Crippen LogP contribution in [0, 0.1) is 24.4 Å². The second-order valence-electron chi connectivity index (χ2n) is 5.88. The molecular formula is C17H22N2S. The van der Waals surface area contributed by atoms with Crippen molar-refractivity contribution in [3.63, 3.8) is 0 Å². The molecule has 1 heterocycles. The summed E-state index contributed by atoms with van der Waals surface area (Å²) >= 11 is 5.27. The molecule has 0 aliphatic heterocycles. The average Bonchev–Trinajstić information content (AvgIpc) is 2.32. The number of H-pyrrole nitrogens is 1. The summed E-state index contributed by atoms with van der Waals surface area (Å²) in [4.78, 5) is 7.87. The lowest BCUT2D eigenvalue weighted by atomic mass is 10.0. The molecule has 20 heavy (non-hydrogen) atoms. The molecule has 0 aliphatic carbocycles. The first-order chi connectivity index (χ1) is 9.44. The van der Waals surface area contributed by atoms with E-state index in [0.29, 0.717) is 10.6 Å². The number of hydrogen-bond donors (Lipinski definition) is 1. The molecule has 0 radical (unpaired) electrons. The zero-order valence-corrected chi connectivity index (χ0v) is 13.5. The minimum absolute atomic E-state index is 0.609. The molecule has 0 saturated carbocycles. The molecule has 0 bridgehead atoms. The van der Waals surface area contributed by atoms with Gasteiger partial charge in [0.15, 0.2) is 0 Å². The fourth-order valence-electron chi connectivity index (χ4n) is 2.30. The Labute approximate surface area is 126 Å². The Bertz CT molecular complexity index is 656. The van der Waals surface area contributed by atoms with E-state index in [2.05, 4.69) is 55.9 Å². The molecule has 0 aliphatic rings. The van der Waals surface area contributed by atoms with Gasteiger partial charge in [0.2, 0.25) is 0 Å². The Morgan fingerprint density at radius 1 is 1.15 bits per heavy atom. The van der Waals surface area contributed by atoms with Gasteiger partial charge in [0.05, 0.1) is 0 Å². The van der Waals surface area contributed by atoms with Gasteiger partial charge in [0.1, 0.15) is 10.5 Å². The summed E-state index contributed by atoms with van der Waals surface area (Å²) in [5, 5.41) is 0. The monoisotopic (exact) mass is 286 g/mol. The first kappa shape index (κ1) is 14.9. The van der Waals surface area contributed by atoms with Crippen LogP contribution >= 0.6 is 12.2 Å². The number of aryl methyl sites for hydroxylation is 2. The van der Waals surface area contributed by atoms with Crippen LogP contribution in [0.15, 0.2) is 24.3 Å². The molecule has 0 fully saturated rings. The van der Waals surface area contributed by atoms with E-state index in [0.717, 1.165) is 18.7 Å². The molecule has 0 spiro atoms. The molecule has 0 saturated heterocycles. The van der Waals surface area contributed by atoms with E-state index in [4.69, 9.17) is 12.2 Å². The Balaban J connectivity index is 2.26. The summed E-state index contributed by atoms with van der Waals surface area (Å²) in [5.74, 6) is 1.56. The Morgan fingerprint density at radius 3 is 2.55 bits per heavy atom. The second-order valence-corrected chi connectivity index (χ2v) is 6.30. The van der Waals surface area contributed by atoms with E-state index >= 15 is 0 Å². The molecule has 106 valence electrons. The molecule has 2 nitrogen and oxygen atoms in total. The topological polar surface area (TPSA) is 28.7 Å². The van der Waals surface area contributed by atoms with Gasteiger partial charge in [-0.2, -0.15) is 0 Å². The summed E-state index contributed by atoms with van der Waals surface area (Å²) in [6.07, 6.45) is 1.81. The molecule has 1 aromatic carbocycles. The molecule has 2 rings (SSSR count). The second kappa shape index (κ2) is 6.31. The van der Waals surface area contributed by atoms with Crippen LogP contribution in [-0.4, -0.2) is 9.97 Å².